The molecular weight excluding hydrogens is 398 g/mol. The lowest BCUT2D eigenvalue weighted by molar-refractivity contribution is -0.128. The van der Waals surface area contributed by atoms with Gasteiger partial charge >= 0.3 is 5.97 Å². The molecule has 0 aliphatic heterocycles. The van der Waals surface area contributed by atoms with Crippen molar-refractivity contribution >= 4 is 23.7 Å². The van der Waals surface area contributed by atoms with Crippen LogP contribution in [0.1, 0.15) is 42.0 Å². The van der Waals surface area contributed by atoms with Crippen molar-refractivity contribution in [3.63, 3.8) is 0 Å². The van der Waals surface area contributed by atoms with Crippen LogP contribution >= 0.6 is 0 Å². The van der Waals surface area contributed by atoms with Crippen molar-refractivity contribution in [3.05, 3.63) is 101 Å². The third-order valence-corrected chi connectivity index (χ3v) is 4.92. The minimum Gasteiger partial charge on any atom is -0.497 e. The van der Waals surface area contributed by atoms with Crippen LogP contribution in [-0.4, -0.2) is 13.1 Å². The minimum atomic E-state index is -0.463. The van der Waals surface area contributed by atoms with E-state index < -0.39 is 5.97 Å². The molecule has 0 spiro atoms. The van der Waals surface area contributed by atoms with Crippen molar-refractivity contribution in [3.8, 4) is 17.6 Å². The number of esters is 1. The number of ether oxygens (including phenoxy) is 2. The number of rotatable bonds is 7. The zero-order chi connectivity index (χ0) is 22.9. The second kappa shape index (κ2) is 10.8. The highest BCUT2D eigenvalue weighted by atomic mass is 16.5. The fourth-order valence-electron chi connectivity index (χ4n) is 3.09. The van der Waals surface area contributed by atoms with Gasteiger partial charge in [0, 0.05) is 6.08 Å². The number of allylic oxidation sites excluding steroid dienone is 1. The molecule has 3 aromatic rings. The molecule has 0 heterocycles. The van der Waals surface area contributed by atoms with Gasteiger partial charge in [0.05, 0.1) is 18.8 Å². The fraction of sp³-hybridized carbons (Fsp3) is 0.143. The normalized spacial score (nSPS) is 11.4. The average molecular weight is 424 g/mol. The summed E-state index contributed by atoms with van der Waals surface area (Å²) in [7, 11) is 1.60. The number of benzene rings is 3. The summed E-state index contributed by atoms with van der Waals surface area (Å²) >= 11 is 0. The number of hydrogen-bond acceptors (Lipinski definition) is 4. The molecule has 3 rings (SSSR count). The molecule has 4 heteroatoms. The standard InChI is InChI=1S/C28H25NO3/c1-20(2)23-10-7-21(8-11-23)9-16-28(30)32-27-6-4-5-22(18-27)17-25(19-29)24-12-14-26(31-3)15-13-24/h4-18,20H,1-3H3/b16-9+,25-17-. The summed E-state index contributed by atoms with van der Waals surface area (Å²) in [6.07, 6.45) is 4.89. The Kier molecular flexibility index (Phi) is 7.61. The molecule has 3 aromatic carbocycles. The first-order valence-electron chi connectivity index (χ1n) is 10.3. The van der Waals surface area contributed by atoms with Crippen LogP contribution in [-0.2, 0) is 4.79 Å². The topological polar surface area (TPSA) is 59.3 Å². The molecule has 160 valence electrons. The van der Waals surface area contributed by atoms with E-state index in [0.29, 0.717) is 17.2 Å². The van der Waals surface area contributed by atoms with E-state index in [1.54, 1.807) is 49.6 Å². The van der Waals surface area contributed by atoms with Gasteiger partial charge in [-0.25, -0.2) is 4.79 Å². The number of hydrogen-bond donors (Lipinski definition) is 0. The zero-order valence-corrected chi connectivity index (χ0v) is 18.4. The van der Waals surface area contributed by atoms with E-state index in [1.165, 1.54) is 11.6 Å². The molecule has 0 atom stereocenters. The summed E-state index contributed by atoms with van der Waals surface area (Å²) in [5.41, 5.74) is 4.22. The summed E-state index contributed by atoms with van der Waals surface area (Å²) in [4.78, 5) is 12.2. The SMILES string of the molecule is COc1ccc(/C(C#N)=C\c2cccc(OC(=O)/C=C/c3ccc(C(C)C)cc3)c2)cc1. The minimum absolute atomic E-state index is 0.413. The lowest BCUT2D eigenvalue weighted by Crippen LogP contribution is -2.03. The molecule has 0 unspecified atom stereocenters. The van der Waals surface area contributed by atoms with Crippen molar-refractivity contribution < 1.29 is 14.3 Å². The molecule has 0 aliphatic rings. The van der Waals surface area contributed by atoms with Gasteiger partial charge in [-0.1, -0.05) is 50.2 Å². The predicted octanol–water partition coefficient (Wildman–Crippen LogP) is 6.50. The molecule has 32 heavy (non-hydrogen) atoms. The second-order valence-corrected chi connectivity index (χ2v) is 7.55. The average Bonchev–Trinajstić information content (AvgIpc) is 2.82. The Morgan fingerprint density at radius 3 is 2.28 bits per heavy atom. The largest absolute Gasteiger partial charge is 0.497 e. The first-order valence-corrected chi connectivity index (χ1v) is 10.3. The smallest absolute Gasteiger partial charge is 0.336 e. The third kappa shape index (κ3) is 6.20. The predicted molar refractivity (Wildman–Crippen MR) is 128 cm³/mol. The Labute approximate surface area is 189 Å². The van der Waals surface area contributed by atoms with Crippen LogP contribution in [0.4, 0.5) is 0 Å². The van der Waals surface area contributed by atoms with Gasteiger partial charge in [-0.05, 0) is 76.7 Å². The molecule has 0 bridgehead atoms. The van der Waals surface area contributed by atoms with E-state index in [0.717, 1.165) is 22.4 Å². The van der Waals surface area contributed by atoms with Gasteiger partial charge in [0.25, 0.3) is 0 Å². The number of methoxy groups -OCH3 is 1. The third-order valence-electron chi connectivity index (χ3n) is 4.92. The van der Waals surface area contributed by atoms with Crippen molar-refractivity contribution in [1.82, 2.24) is 0 Å². The summed E-state index contributed by atoms with van der Waals surface area (Å²) in [6.45, 7) is 4.28. The molecule has 0 saturated carbocycles. The van der Waals surface area contributed by atoms with Crippen molar-refractivity contribution in [2.75, 3.05) is 7.11 Å². The summed E-state index contributed by atoms with van der Waals surface area (Å²) in [5.74, 6) is 1.14. The van der Waals surface area contributed by atoms with Gasteiger partial charge in [-0.3, -0.25) is 0 Å². The van der Waals surface area contributed by atoms with E-state index in [4.69, 9.17) is 9.47 Å². The quantitative estimate of drug-likeness (QED) is 0.143. The fourth-order valence-corrected chi connectivity index (χ4v) is 3.09. The Balaban J connectivity index is 1.70. The van der Waals surface area contributed by atoms with Crippen LogP contribution in [0.2, 0.25) is 0 Å². The van der Waals surface area contributed by atoms with E-state index in [9.17, 15) is 10.1 Å². The lowest BCUT2D eigenvalue weighted by atomic mass is 10.0. The highest BCUT2D eigenvalue weighted by Crippen LogP contribution is 2.23. The Morgan fingerprint density at radius 2 is 1.66 bits per heavy atom. The maximum Gasteiger partial charge on any atom is 0.336 e. The summed E-state index contributed by atoms with van der Waals surface area (Å²) < 4.78 is 10.6. The van der Waals surface area contributed by atoms with E-state index in [2.05, 4.69) is 32.0 Å². The van der Waals surface area contributed by atoms with E-state index in [1.807, 2.05) is 30.3 Å². The Bertz CT molecular complexity index is 1160. The number of nitrogens with zero attached hydrogens (tertiary/aromatic N) is 1. The molecule has 0 amide bonds. The van der Waals surface area contributed by atoms with Crippen LogP contribution in [0.15, 0.2) is 78.9 Å². The monoisotopic (exact) mass is 423 g/mol. The highest BCUT2D eigenvalue weighted by Gasteiger charge is 2.05. The van der Waals surface area contributed by atoms with Crippen molar-refractivity contribution in [1.29, 1.82) is 5.26 Å². The lowest BCUT2D eigenvalue weighted by Gasteiger charge is -2.05. The highest BCUT2D eigenvalue weighted by molar-refractivity contribution is 5.91. The van der Waals surface area contributed by atoms with Gasteiger partial charge < -0.3 is 9.47 Å². The molecule has 0 saturated heterocycles. The first kappa shape index (κ1) is 22.6. The molecule has 4 nitrogen and oxygen atoms in total. The number of carbonyl (C=O) groups excluding carboxylic acids is 1. The number of nitriles is 1. The van der Waals surface area contributed by atoms with Gasteiger partial charge in [0.2, 0.25) is 0 Å². The molecule has 0 aromatic heterocycles. The summed E-state index contributed by atoms with van der Waals surface area (Å²) in [5, 5.41) is 9.56. The molecule has 0 N–H and O–H groups in total. The Morgan fingerprint density at radius 1 is 0.938 bits per heavy atom. The second-order valence-electron chi connectivity index (χ2n) is 7.55. The van der Waals surface area contributed by atoms with Crippen molar-refractivity contribution in [2.24, 2.45) is 0 Å². The summed E-state index contributed by atoms with van der Waals surface area (Å²) in [6, 6.07) is 24.6. The van der Waals surface area contributed by atoms with Gasteiger partial charge in [0.1, 0.15) is 11.5 Å². The van der Waals surface area contributed by atoms with Crippen molar-refractivity contribution in [2.45, 2.75) is 19.8 Å². The van der Waals surface area contributed by atoms with Crippen LogP contribution in [0.5, 0.6) is 11.5 Å². The van der Waals surface area contributed by atoms with Crippen LogP contribution in [0.3, 0.4) is 0 Å². The molecular formula is C28H25NO3. The molecule has 0 aliphatic carbocycles. The van der Waals surface area contributed by atoms with Gasteiger partial charge in [0.15, 0.2) is 0 Å². The molecule has 0 radical (unpaired) electrons. The van der Waals surface area contributed by atoms with Crippen LogP contribution in [0.25, 0.3) is 17.7 Å². The maximum atomic E-state index is 12.2. The maximum absolute atomic E-state index is 12.2. The number of carbonyl (C=O) groups is 1. The van der Waals surface area contributed by atoms with Gasteiger partial charge in [-0.15, -0.1) is 0 Å². The van der Waals surface area contributed by atoms with E-state index in [-0.39, 0.29) is 0 Å². The first-order chi connectivity index (χ1) is 15.5. The Hall–Kier alpha value is -4.10. The van der Waals surface area contributed by atoms with E-state index >= 15 is 0 Å². The van der Waals surface area contributed by atoms with Crippen LogP contribution < -0.4 is 9.47 Å². The van der Waals surface area contributed by atoms with Crippen LogP contribution in [0, 0.1) is 11.3 Å². The molecule has 0 fully saturated rings. The zero-order valence-electron chi connectivity index (χ0n) is 18.4. The van der Waals surface area contributed by atoms with Gasteiger partial charge in [-0.2, -0.15) is 5.26 Å².